The first kappa shape index (κ1) is 49.4. The molecule has 3 aromatic rings. The molecule has 0 aromatic carbocycles. The van der Waals surface area contributed by atoms with Crippen molar-refractivity contribution in [1.29, 1.82) is 0 Å². The molecule has 4 N–H and O–H groups in total. The maximum atomic E-state index is 13.5. The third-order valence-electron chi connectivity index (χ3n) is 10.9. The van der Waals surface area contributed by atoms with Crippen molar-refractivity contribution in [2.24, 2.45) is 0 Å². The average molecular weight is 847 g/mol. The molecule has 2 aliphatic heterocycles. The second-order valence-electron chi connectivity index (χ2n) is 14.9. The number of methoxy groups -OCH3 is 2. The summed E-state index contributed by atoms with van der Waals surface area (Å²) in [5.41, 5.74) is 14.0. The molecule has 0 fully saturated rings. The lowest BCUT2D eigenvalue weighted by Crippen LogP contribution is -2.25. The molecule has 0 aliphatic carbocycles. The lowest BCUT2D eigenvalue weighted by atomic mass is 9.96. The van der Waals surface area contributed by atoms with Gasteiger partial charge in [0.15, 0.2) is 0 Å². The first-order chi connectivity index (χ1) is 28.7. The van der Waals surface area contributed by atoms with Crippen LogP contribution in [0.2, 0.25) is 0 Å². The van der Waals surface area contributed by atoms with Crippen molar-refractivity contribution in [2.45, 2.75) is 106 Å². The van der Waals surface area contributed by atoms with Crippen molar-refractivity contribution in [3.63, 3.8) is 0 Å². The minimum atomic E-state index is -0.434. The van der Waals surface area contributed by atoms with Crippen LogP contribution in [0, 0.1) is 13.8 Å². The minimum absolute atomic E-state index is 0.104. The number of nitrogens with zero attached hydrogens (tertiary/aromatic N) is 3. The SMILES string of the molecule is C=C(Cc1c2nc(cc3[nH]c(cc4[nH]c(cc5nc1C(C(=O)OC)=C5C)c(CC)c4C)c(COC(=O)NCCCP)c3C)C(C)C2)N(C)CCCC.CCC(=O)OC.CO. The minimum Gasteiger partial charge on any atom is -0.469 e. The number of ether oxygens (including phenoxy) is 3. The number of alkyl carbamates (subject to hydrolysis) is 1. The second kappa shape index (κ2) is 23.7. The fraction of sp³-hybridized carbons (Fsp3) is 0.500. The Labute approximate surface area is 358 Å². The van der Waals surface area contributed by atoms with Crippen LogP contribution >= 0.6 is 9.24 Å². The van der Waals surface area contributed by atoms with Gasteiger partial charge in [0.1, 0.15) is 6.61 Å². The summed E-state index contributed by atoms with van der Waals surface area (Å²) < 4.78 is 15.4. The molecule has 0 radical (unpaired) electrons. The van der Waals surface area contributed by atoms with Crippen LogP contribution in [0.1, 0.15) is 117 Å². The maximum Gasteiger partial charge on any atom is 0.407 e. The van der Waals surface area contributed by atoms with Gasteiger partial charge in [-0.15, -0.1) is 9.24 Å². The lowest BCUT2D eigenvalue weighted by molar-refractivity contribution is -0.140. The molecule has 2 unspecified atom stereocenters. The number of carbonyl (C=O) groups is 3. The number of unbranched alkanes of at least 4 members (excludes halogenated alkanes) is 1. The van der Waals surface area contributed by atoms with Gasteiger partial charge in [-0.05, 0) is 93.1 Å². The number of hydrogen-bond acceptors (Lipinski definition) is 10. The number of aryl methyl sites for hydroxylation is 3. The Hall–Kier alpha value is -5.00. The molecular formula is C46H67N6O7P. The zero-order valence-electron chi connectivity index (χ0n) is 37.6. The van der Waals surface area contributed by atoms with E-state index in [4.69, 9.17) is 24.5 Å². The largest absolute Gasteiger partial charge is 0.469 e. The van der Waals surface area contributed by atoms with Gasteiger partial charge in [-0.3, -0.25) is 9.78 Å². The number of carbonyl (C=O) groups excluding carboxylic acids is 3. The van der Waals surface area contributed by atoms with E-state index < -0.39 is 12.1 Å². The van der Waals surface area contributed by atoms with Gasteiger partial charge in [0.05, 0.1) is 31.2 Å². The number of rotatable bonds is 14. The Morgan fingerprint density at radius 2 is 1.58 bits per heavy atom. The van der Waals surface area contributed by atoms with Crippen molar-refractivity contribution in [3.05, 3.63) is 81.1 Å². The summed E-state index contributed by atoms with van der Waals surface area (Å²) in [5, 5.41) is 9.85. The molecule has 14 heteroatoms. The molecule has 328 valence electrons. The van der Waals surface area contributed by atoms with E-state index in [9.17, 15) is 14.4 Å². The number of esters is 2. The summed E-state index contributed by atoms with van der Waals surface area (Å²) in [6, 6.07) is 6.24. The average Bonchev–Trinajstić information content (AvgIpc) is 3.95. The van der Waals surface area contributed by atoms with Crippen LogP contribution < -0.4 is 5.32 Å². The molecule has 0 saturated heterocycles. The van der Waals surface area contributed by atoms with E-state index in [2.05, 4.69) is 94.5 Å². The summed E-state index contributed by atoms with van der Waals surface area (Å²) in [5.74, 6) is -0.473. The number of fused-ring (bicyclic) bond motifs is 8. The number of aliphatic hydroxyl groups is 1. The fourth-order valence-electron chi connectivity index (χ4n) is 7.15. The lowest BCUT2D eigenvalue weighted by Gasteiger charge is -2.22. The topological polar surface area (TPSA) is 172 Å². The van der Waals surface area contributed by atoms with Gasteiger partial charge in [-0.25, -0.2) is 14.6 Å². The standard InChI is InChI=1S/C41H55N6O4P.C4H8O2.CH4O/c1-10-12-15-47(8)24(4)18-29-35-17-23(3)31(43-35)19-32-26(6)30(22-51-41(49)42-14-13-16-52)37(45-32)20-33-25(5)28(11-2)36(44-33)21-34-27(7)38(39(29)46-34)40(48)50-9;1-3-4(5)6-2;1-2/h19-21,23,44-45H,4,10-18,22,52H2,1-3,5-9H3,(H,42,49);3H2,1-2H3;2H,1H3. The number of nitrogens with one attached hydrogen (secondary N) is 3. The van der Waals surface area contributed by atoms with Gasteiger partial charge in [-0.2, -0.15) is 0 Å². The van der Waals surface area contributed by atoms with Gasteiger partial charge < -0.3 is 39.5 Å². The van der Waals surface area contributed by atoms with Crippen LogP contribution in [0.5, 0.6) is 0 Å². The number of allylic oxidation sites excluding steroid dienone is 2. The Balaban J connectivity index is 0.00000110. The Morgan fingerprint density at radius 1 is 0.933 bits per heavy atom. The number of hydrogen-bond donors (Lipinski definition) is 4. The monoisotopic (exact) mass is 846 g/mol. The normalized spacial score (nSPS) is 13.1. The summed E-state index contributed by atoms with van der Waals surface area (Å²) in [7, 11) is 8.54. The molecule has 2 atom stereocenters. The summed E-state index contributed by atoms with van der Waals surface area (Å²) >= 11 is 0. The van der Waals surface area contributed by atoms with Crippen LogP contribution in [0.4, 0.5) is 4.79 Å². The van der Waals surface area contributed by atoms with Crippen molar-refractivity contribution in [1.82, 2.24) is 30.2 Å². The Morgan fingerprint density at radius 3 is 2.17 bits per heavy atom. The molecule has 0 saturated carbocycles. The number of amides is 1. The molecular weight excluding hydrogens is 780 g/mol. The quantitative estimate of drug-likeness (QED) is 0.0535. The van der Waals surface area contributed by atoms with Gasteiger partial charge in [0.2, 0.25) is 0 Å². The molecule has 5 rings (SSSR count). The predicted molar refractivity (Wildman–Crippen MR) is 245 cm³/mol. The van der Waals surface area contributed by atoms with E-state index in [1.165, 1.54) is 14.2 Å². The Kier molecular flexibility index (Phi) is 19.5. The number of aromatic amines is 2. The third kappa shape index (κ3) is 12.1. The van der Waals surface area contributed by atoms with E-state index in [0.29, 0.717) is 42.8 Å². The van der Waals surface area contributed by atoms with Crippen molar-refractivity contribution in [2.75, 3.05) is 47.6 Å². The molecule has 5 heterocycles. The zero-order valence-corrected chi connectivity index (χ0v) is 38.8. The predicted octanol–water partition coefficient (Wildman–Crippen LogP) is 8.40. The highest BCUT2D eigenvalue weighted by Crippen LogP contribution is 2.37. The smallest absolute Gasteiger partial charge is 0.407 e. The highest BCUT2D eigenvalue weighted by atomic mass is 31.0. The van der Waals surface area contributed by atoms with Gasteiger partial charge in [0.25, 0.3) is 0 Å². The number of likely N-dealkylation sites (N-methyl/N-ethyl adjacent to an activating group) is 1. The van der Waals surface area contributed by atoms with Gasteiger partial charge in [-0.1, -0.05) is 40.7 Å². The molecule has 1 amide bonds. The molecule has 2 aliphatic rings. The fourth-order valence-corrected chi connectivity index (χ4v) is 7.36. The molecule has 3 aromatic heterocycles. The summed E-state index contributed by atoms with van der Waals surface area (Å²) in [6.45, 7) is 20.4. The number of aromatic nitrogens is 4. The Bertz CT molecular complexity index is 2200. The van der Waals surface area contributed by atoms with Crippen molar-refractivity contribution in [3.8, 4) is 0 Å². The summed E-state index contributed by atoms with van der Waals surface area (Å²) in [6.07, 6.45) is 5.91. The second-order valence-corrected chi connectivity index (χ2v) is 15.5. The van der Waals surface area contributed by atoms with Gasteiger partial charge >= 0.3 is 18.0 Å². The van der Waals surface area contributed by atoms with Crippen molar-refractivity contribution < 1.29 is 33.7 Å². The zero-order chi connectivity index (χ0) is 44.7. The van der Waals surface area contributed by atoms with E-state index in [1.807, 2.05) is 13.0 Å². The highest BCUT2D eigenvalue weighted by molar-refractivity contribution is 7.16. The van der Waals surface area contributed by atoms with Crippen molar-refractivity contribution >= 4 is 60.5 Å². The van der Waals surface area contributed by atoms with Crippen LogP contribution in [-0.2, 0) is 49.7 Å². The van der Waals surface area contributed by atoms with Gasteiger partial charge in [0, 0.05) is 96.3 Å². The molecule has 8 bridgehead atoms. The molecule has 60 heavy (non-hydrogen) atoms. The van der Waals surface area contributed by atoms with Crippen LogP contribution in [0.25, 0.3) is 33.2 Å². The first-order valence-electron chi connectivity index (χ1n) is 20.8. The highest BCUT2D eigenvalue weighted by Gasteiger charge is 2.30. The van der Waals surface area contributed by atoms with E-state index in [0.717, 1.165) is 118 Å². The van der Waals surface area contributed by atoms with Crippen LogP contribution in [0.3, 0.4) is 0 Å². The van der Waals surface area contributed by atoms with E-state index in [-0.39, 0.29) is 18.5 Å². The number of aliphatic hydroxyl groups excluding tert-OH is 1. The molecule has 0 spiro atoms. The van der Waals surface area contributed by atoms with E-state index >= 15 is 0 Å². The van der Waals surface area contributed by atoms with E-state index in [1.54, 1.807) is 6.92 Å². The molecule has 13 nitrogen and oxygen atoms in total. The third-order valence-corrected chi connectivity index (χ3v) is 11.3. The first-order valence-corrected chi connectivity index (χ1v) is 21.6. The van der Waals surface area contributed by atoms with Crippen LogP contribution in [0.15, 0.2) is 30.5 Å². The van der Waals surface area contributed by atoms with Crippen LogP contribution in [-0.4, -0.2) is 95.6 Å². The maximum absolute atomic E-state index is 13.5. The number of H-pyrrole nitrogens is 2. The summed E-state index contributed by atoms with van der Waals surface area (Å²) in [4.78, 5) is 56.1.